The Hall–Kier alpha value is -1.05. The second-order valence-electron chi connectivity index (χ2n) is 8.34. The van der Waals surface area contributed by atoms with Crippen LogP contribution in [0.2, 0.25) is 0 Å². The molecule has 0 aromatic heterocycles. The molecule has 0 amide bonds. The number of rotatable bonds is 5. The summed E-state index contributed by atoms with van der Waals surface area (Å²) >= 11 is 0. The quantitative estimate of drug-likeness (QED) is 0.176. The van der Waals surface area contributed by atoms with Gasteiger partial charge in [0, 0.05) is 0 Å². The predicted molar refractivity (Wildman–Crippen MR) is 99.0 cm³/mol. The summed E-state index contributed by atoms with van der Waals surface area (Å²) in [5.74, 6) is -1.67. The smallest absolute Gasteiger partial charge is 0.335 e. The van der Waals surface area contributed by atoms with E-state index in [2.05, 4.69) is 0 Å². The van der Waals surface area contributed by atoms with Gasteiger partial charge in [0.1, 0.15) is 54.9 Å². The van der Waals surface area contributed by atoms with Gasteiger partial charge in [0.2, 0.25) is 0 Å². The Morgan fingerprint density at radius 2 is 1.18 bits per heavy atom. The first-order chi connectivity index (χ1) is 15.3. The SMILES string of the molecule is C[C@@H]1O[C@@H](O[C@@H]2[C@@H](O)[C@H](C)O[C@@H](O)[C@@H]2O)[C@H](O[C@H]2O[C@H](C(=O)O)[C@@H](O)[C@H](O)[C@H]2O)[C@H](O)[C@H]1O. The van der Waals surface area contributed by atoms with Gasteiger partial charge in [-0.05, 0) is 13.8 Å². The van der Waals surface area contributed by atoms with Crippen LogP contribution in [0.15, 0.2) is 0 Å². The highest BCUT2D eigenvalue weighted by Gasteiger charge is 2.53. The van der Waals surface area contributed by atoms with Crippen molar-refractivity contribution in [2.24, 2.45) is 0 Å². The van der Waals surface area contributed by atoms with Gasteiger partial charge in [-0.1, -0.05) is 0 Å². The van der Waals surface area contributed by atoms with Crippen LogP contribution < -0.4 is 0 Å². The van der Waals surface area contributed by atoms with Crippen LogP contribution in [0.1, 0.15) is 13.8 Å². The van der Waals surface area contributed by atoms with Crippen molar-refractivity contribution in [1.82, 2.24) is 0 Å². The summed E-state index contributed by atoms with van der Waals surface area (Å²) in [6.45, 7) is 2.78. The number of aliphatic hydroxyl groups excluding tert-OH is 8. The van der Waals surface area contributed by atoms with E-state index >= 15 is 0 Å². The van der Waals surface area contributed by atoms with Crippen molar-refractivity contribution < 1.29 is 74.4 Å². The first-order valence-corrected chi connectivity index (χ1v) is 10.3. The van der Waals surface area contributed by atoms with Crippen molar-refractivity contribution in [2.45, 2.75) is 106 Å². The average molecular weight is 486 g/mol. The number of hydrogen-bond acceptors (Lipinski definition) is 14. The monoisotopic (exact) mass is 486 g/mol. The molecule has 3 fully saturated rings. The fourth-order valence-electron chi connectivity index (χ4n) is 3.90. The maximum atomic E-state index is 11.3. The standard InChI is InChI=1S/C18H30O15/c1-3-5(19)8(22)14(33-17-10(24)7(21)9(23)13(32-17)15(26)27)18(30-3)31-12-6(20)4(2)29-16(28)11(12)25/h3-14,16-25,28H,1-2H3,(H,26,27)/t3-,4-,5-,6-,7-,8+,9-,10+,11+,12+,13-,14+,16+,17+,18-/m0/s1. The lowest BCUT2D eigenvalue weighted by molar-refractivity contribution is -0.381. The number of aliphatic hydroxyl groups is 8. The Morgan fingerprint density at radius 3 is 1.79 bits per heavy atom. The van der Waals surface area contributed by atoms with Crippen LogP contribution in [0.3, 0.4) is 0 Å². The van der Waals surface area contributed by atoms with Crippen LogP contribution in [-0.2, 0) is 28.5 Å². The lowest BCUT2D eigenvalue weighted by Gasteiger charge is -2.47. The molecule has 15 nitrogen and oxygen atoms in total. The molecular formula is C18H30O15. The first kappa shape index (κ1) is 26.6. The molecule has 3 rings (SSSR count). The molecule has 33 heavy (non-hydrogen) atoms. The number of carboxylic acid groups (broad SMARTS) is 1. The van der Waals surface area contributed by atoms with Crippen molar-refractivity contribution in [3.8, 4) is 0 Å². The Kier molecular flexibility index (Phi) is 8.28. The van der Waals surface area contributed by atoms with Gasteiger partial charge in [-0.25, -0.2) is 4.79 Å². The molecule has 0 aromatic rings. The van der Waals surface area contributed by atoms with E-state index in [1.807, 2.05) is 0 Å². The molecule has 0 saturated carbocycles. The third kappa shape index (κ3) is 5.15. The average Bonchev–Trinajstić information content (AvgIpc) is 2.75. The van der Waals surface area contributed by atoms with Gasteiger partial charge in [-0.15, -0.1) is 0 Å². The number of ether oxygens (including phenoxy) is 5. The Balaban J connectivity index is 1.83. The van der Waals surface area contributed by atoms with E-state index in [0.29, 0.717) is 0 Å². The number of aliphatic carboxylic acids is 1. The predicted octanol–water partition coefficient (Wildman–Crippen LogP) is -5.43. The summed E-state index contributed by atoms with van der Waals surface area (Å²) in [6.07, 6.45) is -25.0. The first-order valence-electron chi connectivity index (χ1n) is 10.3. The highest BCUT2D eigenvalue weighted by molar-refractivity contribution is 5.73. The number of carbonyl (C=O) groups is 1. The van der Waals surface area contributed by atoms with Gasteiger partial charge in [-0.3, -0.25) is 0 Å². The van der Waals surface area contributed by atoms with Crippen molar-refractivity contribution in [1.29, 1.82) is 0 Å². The molecule has 192 valence electrons. The maximum Gasteiger partial charge on any atom is 0.335 e. The van der Waals surface area contributed by atoms with Crippen molar-refractivity contribution >= 4 is 5.97 Å². The third-order valence-corrected chi connectivity index (χ3v) is 5.98. The molecule has 0 unspecified atom stereocenters. The fourth-order valence-corrected chi connectivity index (χ4v) is 3.90. The van der Waals surface area contributed by atoms with Gasteiger partial charge in [0.05, 0.1) is 12.2 Å². The molecular weight excluding hydrogens is 456 g/mol. The van der Waals surface area contributed by atoms with Gasteiger partial charge < -0.3 is 69.6 Å². The molecule has 0 bridgehead atoms. The van der Waals surface area contributed by atoms with E-state index < -0.39 is 98.1 Å². The lowest BCUT2D eigenvalue weighted by Crippen LogP contribution is -2.66. The summed E-state index contributed by atoms with van der Waals surface area (Å²) in [6, 6.07) is 0. The lowest BCUT2D eigenvalue weighted by atomic mass is 9.96. The van der Waals surface area contributed by atoms with E-state index in [-0.39, 0.29) is 0 Å². The van der Waals surface area contributed by atoms with E-state index in [9.17, 15) is 50.8 Å². The van der Waals surface area contributed by atoms with E-state index in [1.54, 1.807) is 0 Å². The van der Waals surface area contributed by atoms with Crippen molar-refractivity contribution in [3.63, 3.8) is 0 Å². The molecule has 15 heteroatoms. The van der Waals surface area contributed by atoms with E-state index in [4.69, 9.17) is 23.7 Å². The molecule has 0 radical (unpaired) electrons. The molecule has 3 aliphatic heterocycles. The van der Waals surface area contributed by atoms with Gasteiger partial charge in [-0.2, -0.15) is 0 Å². The zero-order valence-electron chi connectivity index (χ0n) is 17.6. The van der Waals surface area contributed by atoms with Crippen LogP contribution in [0, 0.1) is 0 Å². The Morgan fingerprint density at radius 1 is 0.606 bits per heavy atom. The molecule has 3 saturated heterocycles. The minimum atomic E-state index is -2.00. The van der Waals surface area contributed by atoms with Crippen LogP contribution in [0.5, 0.6) is 0 Å². The summed E-state index contributed by atoms with van der Waals surface area (Å²) < 4.78 is 26.5. The Labute approximate surface area is 187 Å². The highest BCUT2D eigenvalue weighted by Crippen LogP contribution is 2.32. The van der Waals surface area contributed by atoms with E-state index in [0.717, 1.165) is 0 Å². The molecule has 0 spiro atoms. The Bertz CT molecular complexity index is 665. The zero-order valence-corrected chi connectivity index (χ0v) is 17.6. The fraction of sp³-hybridized carbons (Fsp3) is 0.944. The van der Waals surface area contributed by atoms with Crippen LogP contribution in [0.25, 0.3) is 0 Å². The minimum absolute atomic E-state index is 0.972. The van der Waals surface area contributed by atoms with Gasteiger partial charge in [0.15, 0.2) is 25.0 Å². The van der Waals surface area contributed by atoms with Crippen LogP contribution in [-0.4, -0.2) is 144 Å². The zero-order chi connectivity index (χ0) is 24.8. The summed E-state index contributed by atoms with van der Waals surface area (Å²) in [7, 11) is 0. The van der Waals surface area contributed by atoms with Crippen LogP contribution in [0.4, 0.5) is 0 Å². The maximum absolute atomic E-state index is 11.3. The largest absolute Gasteiger partial charge is 0.479 e. The second kappa shape index (κ2) is 10.3. The van der Waals surface area contributed by atoms with Gasteiger partial charge in [0.25, 0.3) is 0 Å². The van der Waals surface area contributed by atoms with Crippen LogP contribution >= 0.6 is 0 Å². The molecule has 3 aliphatic rings. The normalized spacial score (nSPS) is 53.6. The molecule has 15 atom stereocenters. The van der Waals surface area contributed by atoms with Crippen molar-refractivity contribution in [2.75, 3.05) is 0 Å². The number of carboxylic acids is 1. The highest BCUT2D eigenvalue weighted by atomic mass is 16.8. The molecule has 3 heterocycles. The summed E-state index contributed by atoms with van der Waals surface area (Å²) in [5.41, 5.74) is 0. The summed E-state index contributed by atoms with van der Waals surface area (Å²) in [4.78, 5) is 11.3. The topological polar surface area (TPSA) is 245 Å². The van der Waals surface area contributed by atoms with Crippen molar-refractivity contribution in [3.05, 3.63) is 0 Å². The second-order valence-corrected chi connectivity index (χ2v) is 8.34. The number of hydrogen-bond donors (Lipinski definition) is 9. The third-order valence-electron chi connectivity index (χ3n) is 5.98. The molecule has 0 aliphatic carbocycles. The van der Waals surface area contributed by atoms with E-state index in [1.165, 1.54) is 13.8 Å². The summed E-state index contributed by atoms with van der Waals surface area (Å²) in [5, 5.41) is 90.3. The molecule has 9 N–H and O–H groups in total. The minimum Gasteiger partial charge on any atom is -0.479 e. The molecule has 0 aromatic carbocycles. The van der Waals surface area contributed by atoms with Gasteiger partial charge >= 0.3 is 5.97 Å².